The maximum atomic E-state index is 11.9. The standard InChI is InChI=1S/C18H14N2O3S/c21-16-6-5-12(13-7-8-24-11-13)9-14(16)10-19-20-18(23)15-3-1-2-4-17(15)22/h1-11,21-22H,(H,20,23)/b19-10+. The van der Waals surface area contributed by atoms with Crippen LogP contribution in [0.5, 0.6) is 11.5 Å². The summed E-state index contributed by atoms with van der Waals surface area (Å²) in [5.74, 6) is -0.583. The van der Waals surface area contributed by atoms with Crippen molar-refractivity contribution in [3.05, 3.63) is 70.4 Å². The number of phenols is 2. The summed E-state index contributed by atoms with van der Waals surface area (Å²) in [6, 6.07) is 13.4. The lowest BCUT2D eigenvalue weighted by Crippen LogP contribution is -2.17. The third-order valence-corrected chi connectivity index (χ3v) is 4.08. The number of rotatable bonds is 4. The summed E-state index contributed by atoms with van der Waals surface area (Å²) in [6.07, 6.45) is 1.36. The molecule has 2 aromatic carbocycles. The first-order chi connectivity index (χ1) is 11.6. The molecule has 0 unspecified atom stereocenters. The van der Waals surface area contributed by atoms with E-state index in [0.717, 1.165) is 11.1 Å². The highest BCUT2D eigenvalue weighted by Gasteiger charge is 2.09. The van der Waals surface area contributed by atoms with Crippen molar-refractivity contribution in [3.63, 3.8) is 0 Å². The van der Waals surface area contributed by atoms with Crippen LogP contribution in [0.15, 0.2) is 64.4 Å². The molecule has 1 heterocycles. The Kier molecular flexibility index (Phi) is 4.58. The van der Waals surface area contributed by atoms with E-state index in [1.807, 2.05) is 22.9 Å². The fourth-order valence-corrected chi connectivity index (χ4v) is 2.82. The van der Waals surface area contributed by atoms with Crippen molar-refractivity contribution in [1.29, 1.82) is 0 Å². The average Bonchev–Trinajstić information content (AvgIpc) is 3.11. The van der Waals surface area contributed by atoms with Crippen LogP contribution in [0, 0.1) is 0 Å². The number of thiophene rings is 1. The summed E-state index contributed by atoms with van der Waals surface area (Å²) in [5, 5.41) is 27.4. The van der Waals surface area contributed by atoms with Gasteiger partial charge in [-0.3, -0.25) is 4.79 Å². The number of hydrazone groups is 1. The van der Waals surface area contributed by atoms with Gasteiger partial charge in [0.15, 0.2) is 0 Å². The zero-order valence-electron chi connectivity index (χ0n) is 12.5. The van der Waals surface area contributed by atoms with Gasteiger partial charge in [-0.2, -0.15) is 16.4 Å². The molecule has 0 atom stereocenters. The third kappa shape index (κ3) is 3.44. The van der Waals surface area contributed by atoms with Crippen LogP contribution < -0.4 is 5.43 Å². The molecule has 3 aromatic rings. The van der Waals surface area contributed by atoms with E-state index in [4.69, 9.17) is 0 Å². The van der Waals surface area contributed by atoms with Gasteiger partial charge in [0.2, 0.25) is 0 Å². The first kappa shape index (κ1) is 15.8. The van der Waals surface area contributed by atoms with Gasteiger partial charge in [0.25, 0.3) is 5.91 Å². The molecule has 24 heavy (non-hydrogen) atoms. The first-order valence-electron chi connectivity index (χ1n) is 7.12. The fraction of sp³-hybridized carbons (Fsp3) is 0. The number of carbonyl (C=O) groups is 1. The van der Waals surface area contributed by atoms with E-state index in [9.17, 15) is 15.0 Å². The van der Waals surface area contributed by atoms with Crippen molar-refractivity contribution in [2.45, 2.75) is 0 Å². The first-order valence-corrected chi connectivity index (χ1v) is 8.06. The lowest BCUT2D eigenvalue weighted by atomic mass is 10.1. The monoisotopic (exact) mass is 338 g/mol. The van der Waals surface area contributed by atoms with E-state index in [0.29, 0.717) is 5.56 Å². The number of nitrogens with one attached hydrogen (secondary N) is 1. The maximum Gasteiger partial charge on any atom is 0.275 e. The summed E-state index contributed by atoms with van der Waals surface area (Å²) < 4.78 is 0. The number of phenolic OH excluding ortho intramolecular Hbond substituents is 2. The topological polar surface area (TPSA) is 81.9 Å². The lowest BCUT2D eigenvalue weighted by Gasteiger charge is -2.04. The van der Waals surface area contributed by atoms with Crippen LogP contribution in [-0.2, 0) is 0 Å². The predicted octanol–water partition coefficient (Wildman–Crippen LogP) is 3.59. The van der Waals surface area contributed by atoms with Crippen molar-refractivity contribution in [2.24, 2.45) is 5.10 Å². The minimum absolute atomic E-state index is 0.0644. The molecular weight excluding hydrogens is 324 g/mol. The number of hydrogen-bond acceptors (Lipinski definition) is 5. The highest BCUT2D eigenvalue weighted by atomic mass is 32.1. The normalized spacial score (nSPS) is 10.8. The number of nitrogens with zero attached hydrogens (tertiary/aromatic N) is 1. The maximum absolute atomic E-state index is 11.9. The minimum atomic E-state index is -0.530. The summed E-state index contributed by atoms with van der Waals surface area (Å²) in [4.78, 5) is 11.9. The van der Waals surface area contributed by atoms with Crippen molar-refractivity contribution in [2.75, 3.05) is 0 Å². The van der Waals surface area contributed by atoms with Crippen LogP contribution in [0.1, 0.15) is 15.9 Å². The molecule has 3 rings (SSSR count). The summed E-state index contributed by atoms with van der Waals surface area (Å²) in [7, 11) is 0. The molecule has 0 saturated heterocycles. The van der Waals surface area contributed by atoms with Crippen LogP contribution >= 0.6 is 11.3 Å². The minimum Gasteiger partial charge on any atom is -0.507 e. The molecule has 120 valence electrons. The molecule has 0 bridgehead atoms. The van der Waals surface area contributed by atoms with Crippen molar-refractivity contribution >= 4 is 23.5 Å². The molecular formula is C18H14N2O3S. The smallest absolute Gasteiger partial charge is 0.275 e. The molecule has 0 aliphatic heterocycles. The molecule has 0 aliphatic rings. The van der Waals surface area contributed by atoms with E-state index in [2.05, 4.69) is 10.5 Å². The van der Waals surface area contributed by atoms with E-state index in [1.54, 1.807) is 35.6 Å². The Morgan fingerprint density at radius 3 is 2.62 bits per heavy atom. The Hall–Kier alpha value is -3.12. The zero-order valence-corrected chi connectivity index (χ0v) is 13.3. The molecule has 1 aromatic heterocycles. The van der Waals surface area contributed by atoms with Gasteiger partial charge in [-0.1, -0.05) is 18.2 Å². The number of amides is 1. The van der Waals surface area contributed by atoms with Crippen LogP contribution in [0.4, 0.5) is 0 Å². The van der Waals surface area contributed by atoms with Gasteiger partial charge in [-0.15, -0.1) is 0 Å². The molecule has 3 N–H and O–H groups in total. The van der Waals surface area contributed by atoms with Gasteiger partial charge in [-0.25, -0.2) is 5.43 Å². The number of aromatic hydroxyl groups is 2. The van der Waals surface area contributed by atoms with E-state index in [1.165, 1.54) is 18.3 Å². The molecule has 1 amide bonds. The Balaban J connectivity index is 1.76. The van der Waals surface area contributed by atoms with Gasteiger partial charge in [0.1, 0.15) is 11.5 Å². The Bertz CT molecular complexity index is 889. The highest BCUT2D eigenvalue weighted by molar-refractivity contribution is 7.08. The number of hydrogen-bond donors (Lipinski definition) is 3. The summed E-state index contributed by atoms with van der Waals surface area (Å²) in [6.45, 7) is 0. The van der Waals surface area contributed by atoms with Crippen molar-refractivity contribution in [3.8, 4) is 22.6 Å². The Morgan fingerprint density at radius 2 is 1.88 bits per heavy atom. The zero-order chi connectivity index (χ0) is 16.9. The van der Waals surface area contributed by atoms with Gasteiger partial charge in [0.05, 0.1) is 11.8 Å². The molecule has 0 radical (unpaired) electrons. The Labute approximate surface area is 142 Å². The molecule has 0 saturated carbocycles. The van der Waals surface area contributed by atoms with Gasteiger partial charge in [0, 0.05) is 5.56 Å². The second-order valence-electron chi connectivity index (χ2n) is 5.00. The summed E-state index contributed by atoms with van der Waals surface area (Å²) in [5.41, 5.74) is 4.94. The highest BCUT2D eigenvalue weighted by Crippen LogP contribution is 2.26. The van der Waals surface area contributed by atoms with Crippen molar-refractivity contribution < 1.29 is 15.0 Å². The van der Waals surface area contributed by atoms with Gasteiger partial charge >= 0.3 is 0 Å². The molecule has 0 fully saturated rings. The van der Waals surface area contributed by atoms with E-state index >= 15 is 0 Å². The lowest BCUT2D eigenvalue weighted by molar-refractivity contribution is 0.0952. The second-order valence-corrected chi connectivity index (χ2v) is 5.78. The van der Waals surface area contributed by atoms with Gasteiger partial charge < -0.3 is 10.2 Å². The fourth-order valence-electron chi connectivity index (χ4n) is 2.15. The summed E-state index contributed by atoms with van der Waals surface area (Å²) >= 11 is 1.59. The van der Waals surface area contributed by atoms with E-state index < -0.39 is 5.91 Å². The number of para-hydroxylation sites is 1. The van der Waals surface area contributed by atoms with Gasteiger partial charge in [-0.05, 0) is 52.2 Å². The average molecular weight is 338 g/mol. The van der Waals surface area contributed by atoms with Crippen LogP contribution in [0.2, 0.25) is 0 Å². The molecule has 0 aliphatic carbocycles. The van der Waals surface area contributed by atoms with Crippen molar-refractivity contribution in [1.82, 2.24) is 5.43 Å². The SMILES string of the molecule is O=C(N/N=C/c1cc(-c2ccsc2)ccc1O)c1ccccc1O. The van der Waals surface area contributed by atoms with Crippen LogP contribution in [0.25, 0.3) is 11.1 Å². The number of benzene rings is 2. The molecule has 6 heteroatoms. The third-order valence-electron chi connectivity index (χ3n) is 3.40. The largest absolute Gasteiger partial charge is 0.507 e. The molecule has 5 nitrogen and oxygen atoms in total. The van der Waals surface area contributed by atoms with Crippen LogP contribution in [0.3, 0.4) is 0 Å². The van der Waals surface area contributed by atoms with Crippen LogP contribution in [-0.4, -0.2) is 22.3 Å². The number of carbonyl (C=O) groups excluding carboxylic acids is 1. The predicted molar refractivity (Wildman–Crippen MR) is 94.6 cm³/mol. The quantitative estimate of drug-likeness (QED) is 0.502. The second kappa shape index (κ2) is 6.97. The molecule has 0 spiro atoms. The Morgan fingerprint density at radius 1 is 1.04 bits per heavy atom. The van der Waals surface area contributed by atoms with E-state index in [-0.39, 0.29) is 17.1 Å².